The second-order valence-electron chi connectivity index (χ2n) is 17.6. The topological polar surface area (TPSA) is 113 Å². The highest BCUT2D eigenvalue weighted by molar-refractivity contribution is 5.95. The van der Waals surface area contributed by atoms with Crippen molar-refractivity contribution in [2.24, 2.45) is 5.92 Å². The fraction of sp³-hybridized carbons (Fsp3) is 0.650. The summed E-state index contributed by atoms with van der Waals surface area (Å²) >= 11 is 0. The van der Waals surface area contributed by atoms with Gasteiger partial charge in [-0.25, -0.2) is 0 Å². The molecule has 0 aromatic heterocycles. The van der Waals surface area contributed by atoms with Crippen molar-refractivity contribution >= 4 is 23.8 Å². The quantitative estimate of drug-likeness (QED) is 0.178. The molecule has 272 valence electrons. The van der Waals surface area contributed by atoms with Gasteiger partial charge in [0.25, 0.3) is 0 Å². The fourth-order valence-electron chi connectivity index (χ4n) is 8.78. The van der Waals surface area contributed by atoms with Crippen molar-refractivity contribution in [3.63, 3.8) is 0 Å². The molecule has 0 radical (unpaired) electrons. The van der Waals surface area contributed by atoms with Gasteiger partial charge in [0, 0.05) is 47.8 Å². The molecular weight excluding hydrogens is 620 g/mol. The molecule has 1 N–H and O–H groups in total. The van der Waals surface area contributed by atoms with Crippen LogP contribution in [0.25, 0.3) is 0 Å². The zero-order valence-electron chi connectivity index (χ0n) is 32.2. The van der Waals surface area contributed by atoms with Gasteiger partial charge in [-0.15, -0.1) is 0 Å². The Labute approximate surface area is 294 Å². The first-order chi connectivity index (χ1) is 22.2. The van der Waals surface area contributed by atoms with Gasteiger partial charge in [-0.3, -0.25) is 19.2 Å². The van der Waals surface area contributed by atoms with E-state index >= 15 is 0 Å². The maximum atomic E-state index is 14.2. The molecule has 9 nitrogen and oxygen atoms in total. The summed E-state index contributed by atoms with van der Waals surface area (Å²) in [7, 11) is 0. The van der Waals surface area contributed by atoms with Gasteiger partial charge in [0.05, 0.1) is 0 Å². The number of carbonyl (C=O) groups excluding carboxylic acids is 4. The van der Waals surface area contributed by atoms with Crippen LogP contribution < -0.4 is 0 Å². The Morgan fingerprint density at radius 1 is 0.796 bits per heavy atom. The number of aromatic hydroxyl groups is 1. The van der Waals surface area contributed by atoms with Crippen LogP contribution in [0.15, 0.2) is 31.4 Å². The van der Waals surface area contributed by atoms with Crippen LogP contribution in [0.2, 0.25) is 0 Å². The molecule has 0 bridgehead atoms. The molecule has 2 heterocycles. The minimum atomic E-state index is -1.31. The molecule has 2 saturated heterocycles. The zero-order valence-corrected chi connectivity index (χ0v) is 32.2. The van der Waals surface area contributed by atoms with Crippen molar-refractivity contribution in [1.29, 1.82) is 0 Å². The molecule has 9 heteroatoms. The number of ether oxygens (including phenoxy) is 2. The van der Waals surface area contributed by atoms with Crippen LogP contribution >= 0.6 is 0 Å². The number of phenols is 1. The van der Waals surface area contributed by atoms with E-state index in [1.807, 2.05) is 89.2 Å². The molecule has 2 amide bonds. The van der Waals surface area contributed by atoms with Crippen LogP contribution in [0.1, 0.15) is 124 Å². The Morgan fingerprint density at radius 3 is 1.45 bits per heavy atom. The monoisotopic (exact) mass is 680 g/mol. The number of esters is 2. The lowest BCUT2D eigenvalue weighted by Gasteiger charge is -2.54. The Bertz CT molecular complexity index is 1400. The van der Waals surface area contributed by atoms with Crippen molar-refractivity contribution in [2.45, 2.75) is 162 Å². The van der Waals surface area contributed by atoms with Crippen LogP contribution in [0.4, 0.5) is 0 Å². The van der Waals surface area contributed by atoms with Crippen LogP contribution in [0, 0.1) is 19.8 Å². The van der Waals surface area contributed by atoms with Gasteiger partial charge in [0.1, 0.15) is 18.0 Å². The van der Waals surface area contributed by atoms with Crippen molar-refractivity contribution in [2.75, 3.05) is 0 Å². The number of hydrogen-bond donors (Lipinski definition) is 1. The lowest BCUT2D eigenvalue weighted by molar-refractivity contribution is -0.179. The Hall–Kier alpha value is -3.62. The normalized spacial score (nSPS) is 20.4. The third-order valence-electron chi connectivity index (χ3n) is 10.4. The molecule has 0 aliphatic carbocycles. The molecule has 2 aliphatic heterocycles. The molecule has 2 fully saturated rings. The van der Waals surface area contributed by atoms with Gasteiger partial charge in [-0.05, 0) is 115 Å². The number of hydrogen-bond acceptors (Lipinski definition) is 7. The van der Waals surface area contributed by atoms with Crippen molar-refractivity contribution in [3.8, 4) is 5.75 Å². The number of phenolic OH excluding ortho intramolecular Hbond substituents is 1. The highest BCUT2D eigenvalue weighted by atomic mass is 16.6. The first-order valence-electron chi connectivity index (χ1n) is 17.4. The number of benzene rings is 1. The van der Waals surface area contributed by atoms with E-state index in [9.17, 15) is 24.3 Å². The van der Waals surface area contributed by atoms with E-state index in [0.29, 0.717) is 36.8 Å². The summed E-state index contributed by atoms with van der Waals surface area (Å²) in [5, 5.41) is 11.3. The average molecular weight is 681 g/mol. The summed E-state index contributed by atoms with van der Waals surface area (Å²) in [5.74, 6) is -2.98. The van der Waals surface area contributed by atoms with Crippen molar-refractivity contribution in [3.05, 3.63) is 53.6 Å². The number of nitrogens with zero attached hydrogens (tertiary/aromatic N) is 2. The van der Waals surface area contributed by atoms with Gasteiger partial charge < -0.3 is 24.4 Å². The van der Waals surface area contributed by atoms with Gasteiger partial charge in [-0.1, -0.05) is 40.0 Å². The van der Waals surface area contributed by atoms with Crippen LogP contribution in [-0.4, -0.2) is 73.0 Å². The lowest BCUT2D eigenvalue weighted by Crippen LogP contribution is -2.64. The number of amides is 2. The van der Waals surface area contributed by atoms with E-state index in [1.165, 1.54) is 12.2 Å². The highest BCUT2D eigenvalue weighted by Crippen LogP contribution is 2.43. The summed E-state index contributed by atoms with van der Waals surface area (Å²) in [6, 6.07) is 1.92. The van der Waals surface area contributed by atoms with E-state index in [2.05, 4.69) is 13.2 Å². The molecule has 1 aromatic rings. The third-order valence-corrected chi connectivity index (χ3v) is 10.4. The molecule has 0 atom stereocenters. The van der Waals surface area contributed by atoms with E-state index < -0.39 is 52.2 Å². The van der Waals surface area contributed by atoms with E-state index in [-0.39, 0.29) is 29.4 Å². The Morgan fingerprint density at radius 2 is 1.14 bits per heavy atom. The molecule has 2 aliphatic rings. The number of piperidine rings is 2. The summed E-state index contributed by atoms with van der Waals surface area (Å²) in [6.07, 6.45) is 2.95. The molecule has 0 unspecified atom stereocenters. The molecule has 1 aromatic carbocycles. The van der Waals surface area contributed by atoms with E-state index in [1.54, 1.807) is 16.7 Å². The van der Waals surface area contributed by atoms with Gasteiger partial charge in [0.15, 0.2) is 5.92 Å². The summed E-state index contributed by atoms with van der Waals surface area (Å²) in [4.78, 5) is 57.7. The predicted molar refractivity (Wildman–Crippen MR) is 192 cm³/mol. The van der Waals surface area contributed by atoms with E-state index in [0.717, 1.165) is 11.1 Å². The van der Waals surface area contributed by atoms with E-state index in [4.69, 9.17) is 9.47 Å². The van der Waals surface area contributed by atoms with Crippen LogP contribution in [0.3, 0.4) is 0 Å². The maximum Gasteiger partial charge on any atom is 0.320 e. The SMILES string of the molecule is C=CC(=O)N1C(C)(C)CC(OC(=O)C(Cc2c(C)cc(C(C)(C)C)c(O)c2C)C(=O)OC2CC(C)(C)N(C(=O)C=C)C(C)(C)C2)CC1(C)C. The molecule has 0 spiro atoms. The third kappa shape index (κ3) is 8.24. The fourth-order valence-corrected chi connectivity index (χ4v) is 8.78. The predicted octanol–water partition coefficient (Wildman–Crippen LogP) is 7.02. The van der Waals surface area contributed by atoms with Crippen molar-refractivity contribution < 1.29 is 33.8 Å². The Balaban J connectivity index is 2.01. The van der Waals surface area contributed by atoms with Gasteiger partial charge in [-0.2, -0.15) is 0 Å². The second-order valence-corrected chi connectivity index (χ2v) is 17.6. The molecule has 49 heavy (non-hydrogen) atoms. The zero-order chi connectivity index (χ0) is 37.7. The summed E-state index contributed by atoms with van der Waals surface area (Å²) in [6.45, 7) is 32.6. The highest BCUT2D eigenvalue weighted by Gasteiger charge is 2.51. The largest absolute Gasteiger partial charge is 0.507 e. The van der Waals surface area contributed by atoms with Crippen LogP contribution in [0.5, 0.6) is 5.75 Å². The summed E-state index contributed by atoms with van der Waals surface area (Å²) < 4.78 is 12.3. The number of carbonyl (C=O) groups is 4. The van der Waals surface area contributed by atoms with Crippen LogP contribution in [-0.2, 0) is 40.5 Å². The average Bonchev–Trinajstić information content (AvgIpc) is 2.91. The number of rotatable bonds is 8. The maximum absolute atomic E-state index is 14.2. The van der Waals surface area contributed by atoms with Gasteiger partial charge in [0.2, 0.25) is 11.8 Å². The summed E-state index contributed by atoms with van der Waals surface area (Å²) in [5.41, 5.74) is 0.00153. The van der Waals surface area contributed by atoms with Crippen molar-refractivity contribution in [1.82, 2.24) is 9.80 Å². The Kier molecular flexibility index (Phi) is 11.0. The first-order valence-corrected chi connectivity index (χ1v) is 17.4. The molecular formula is C40H60N2O7. The second kappa shape index (κ2) is 13.6. The minimum Gasteiger partial charge on any atom is -0.507 e. The minimum absolute atomic E-state index is 0.0194. The number of likely N-dealkylation sites (tertiary alicyclic amines) is 2. The standard InChI is InChI=1S/C40H60N2O7/c1-16-31(43)41-37(8,9)20-26(21-38(41,10)11)48-34(46)29(19-28-24(3)18-30(36(5,6)7)33(45)25(28)4)35(47)49-27-22-39(12,13)42(32(44)17-2)40(14,15)23-27/h16-18,26-27,29,45H,1-2,19-23H2,3-15H3. The number of aryl methyl sites for hydroxylation is 1. The first kappa shape index (κ1) is 39.8. The van der Waals surface area contributed by atoms with Gasteiger partial charge >= 0.3 is 11.9 Å². The lowest BCUT2D eigenvalue weighted by atomic mass is 9.77. The molecule has 0 saturated carbocycles. The molecule has 3 rings (SSSR count). The smallest absolute Gasteiger partial charge is 0.320 e.